The maximum atomic E-state index is 11.6. The Morgan fingerprint density at radius 2 is 2.05 bits per heavy atom. The molecule has 21 heavy (non-hydrogen) atoms. The van der Waals surface area contributed by atoms with E-state index >= 15 is 0 Å². The summed E-state index contributed by atoms with van der Waals surface area (Å²) in [7, 11) is 0. The first kappa shape index (κ1) is 13.0. The van der Waals surface area contributed by atoms with Crippen molar-refractivity contribution < 1.29 is 10.0 Å². The van der Waals surface area contributed by atoms with Crippen LogP contribution in [0.5, 0.6) is 0 Å². The molecule has 0 bridgehead atoms. The van der Waals surface area contributed by atoms with Crippen molar-refractivity contribution in [3.05, 3.63) is 58.4 Å². The zero-order valence-electron chi connectivity index (χ0n) is 10.8. The molecule has 0 aliphatic carbocycles. The summed E-state index contributed by atoms with van der Waals surface area (Å²) in [5, 5.41) is 8.56. The molecule has 0 aliphatic heterocycles. The molecule has 106 valence electrons. The van der Waals surface area contributed by atoms with Crippen LogP contribution in [0, 0.1) is 0 Å². The normalized spacial score (nSPS) is 10.7. The number of rotatable bonds is 3. The smallest absolute Gasteiger partial charge is 0.278 e. The van der Waals surface area contributed by atoms with E-state index in [1.165, 1.54) is 6.33 Å². The van der Waals surface area contributed by atoms with Gasteiger partial charge in [-0.05, 0) is 17.7 Å². The van der Waals surface area contributed by atoms with Crippen LogP contribution in [0.1, 0.15) is 15.9 Å². The second kappa shape index (κ2) is 5.17. The predicted octanol–water partition coefficient (Wildman–Crippen LogP) is 0.287. The Labute approximate surface area is 118 Å². The summed E-state index contributed by atoms with van der Waals surface area (Å²) in [5.41, 5.74) is 3.33. The summed E-state index contributed by atoms with van der Waals surface area (Å²) in [4.78, 5) is 33.4. The van der Waals surface area contributed by atoms with Gasteiger partial charge in [0.1, 0.15) is 0 Å². The third kappa shape index (κ3) is 2.39. The number of benzene rings is 1. The number of imidazole rings is 1. The zero-order valence-corrected chi connectivity index (χ0v) is 10.8. The van der Waals surface area contributed by atoms with Crippen LogP contribution in [-0.2, 0) is 6.54 Å². The van der Waals surface area contributed by atoms with Gasteiger partial charge in [-0.3, -0.25) is 14.8 Å². The largest absolute Gasteiger partial charge is 0.311 e. The van der Waals surface area contributed by atoms with Gasteiger partial charge in [0.2, 0.25) is 0 Å². The van der Waals surface area contributed by atoms with Crippen LogP contribution in [-0.4, -0.2) is 30.6 Å². The quantitative estimate of drug-likeness (QED) is 0.473. The van der Waals surface area contributed by atoms with Gasteiger partial charge in [-0.2, -0.15) is 0 Å². The molecule has 0 aliphatic rings. The molecule has 2 heterocycles. The summed E-state index contributed by atoms with van der Waals surface area (Å²) in [5.74, 6) is -0.567. The van der Waals surface area contributed by atoms with E-state index in [2.05, 4.69) is 15.0 Å². The molecule has 0 saturated carbocycles. The number of carbonyl (C=O) groups excluding carboxylic acids is 1. The van der Waals surface area contributed by atoms with E-state index in [1.807, 2.05) is 0 Å². The number of hydrogen-bond donors (Lipinski definition) is 3. The highest BCUT2D eigenvalue weighted by atomic mass is 16.5. The van der Waals surface area contributed by atoms with Gasteiger partial charge < -0.3 is 9.55 Å². The van der Waals surface area contributed by atoms with Gasteiger partial charge in [-0.25, -0.2) is 15.4 Å². The fraction of sp³-hybridized carbons (Fsp3) is 0.0769. The Morgan fingerprint density at radius 1 is 1.29 bits per heavy atom. The standard InChI is InChI=1S/C13H11N5O3/c19-12(17-21)9-3-1-8(2-4-9)5-18-7-16-10-11(18)14-6-15-13(10)20/h1-4,6-7,21H,5H2,(H,17,19)(H,14,15,20). The number of H-pyrrole nitrogens is 1. The first-order valence-electron chi connectivity index (χ1n) is 6.11. The van der Waals surface area contributed by atoms with Crippen molar-refractivity contribution in [2.45, 2.75) is 6.54 Å². The van der Waals surface area contributed by atoms with Crippen LogP contribution in [0.25, 0.3) is 11.2 Å². The van der Waals surface area contributed by atoms with Crippen molar-refractivity contribution in [3.63, 3.8) is 0 Å². The van der Waals surface area contributed by atoms with E-state index < -0.39 is 5.91 Å². The highest BCUT2D eigenvalue weighted by molar-refractivity contribution is 5.93. The average Bonchev–Trinajstić information content (AvgIpc) is 2.92. The van der Waals surface area contributed by atoms with Crippen molar-refractivity contribution >= 4 is 17.1 Å². The lowest BCUT2D eigenvalue weighted by Crippen LogP contribution is -2.18. The van der Waals surface area contributed by atoms with Crippen molar-refractivity contribution in [1.29, 1.82) is 0 Å². The van der Waals surface area contributed by atoms with Crippen LogP contribution in [0.15, 0.2) is 41.7 Å². The number of nitrogens with zero attached hydrogens (tertiary/aromatic N) is 3. The van der Waals surface area contributed by atoms with E-state index in [0.717, 1.165) is 5.56 Å². The molecule has 0 saturated heterocycles. The fourth-order valence-corrected chi connectivity index (χ4v) is 2.03. The van der Waals surface area contributed by atoms with Gasteiger partial charge in [0, 0.05) is 5.56 Å². The highest BCUT2D eigenvalue weighted by Gasteiger charge is 2.08. The zero-order chi connectivity index (χ0) is 14.8. The van der Waals surface area contributed by atoms with Crippen molar-refractivity contribution in [2.75, 3.05) is 0 Å². The van der Waals surface area contributed by atoms with Crippen molar-refractivity contribution in [3.8, 4) is 0 Å². The van der Waals surface area contributed by atoms with E-state index in [0.29, 0.717) is 17.8 Å². The van der Waals surface area contributed by atoms with Crippen LogP contribution < -0.4 is 11.0 Å². The lowest BCUT2D eigenvalue weighted by Gasteiger charge is -2.05. The lowest BCUT2D eigenvalue weighted by molar-refractivity contribution is 0.0706. The van der Waals surface area contributed by atoms with E-state index in [1.54, 1.807) is 40.6 Å². The average molecular weight is 285 g/mol. The molecule has 0 fully saturated rings. The number of hydrogen-bond acceptors (Lipinski definition) is 5. The number of hydroxylamine groups is 1. The van der Waals surface area contributed by atoms with Gasteiger partial charge in [-0.15, -0.1) is 0 Å². The number of aromatic amines is 1. The van der Waals surface area contributed by atoms with Gasteiger partial charge in [-0.1, -0.05) is 12.1 Å². The monoisotopic (exact) mass is 285 g/mol. The molecule has 0 spiro atoms. The second-order valence-corrected chi connectivity index (χ2v) is 4.41. The van der Waals surface area contributed by atoms with Crippen molar-refractivity contribution in [1.82, 2.24) is 25.0 Å². The molecule has 0 unspecified atom stereocenters. The summed E-state index contributed by atoms with van der Waals surface area (Å²) in [6.07, 6.45) is 2.87. The summed E-state index contributed by atoms with van der Waals surface area (Å²) >= 11 is 0. The Kier molecular flexibility index (Phi) is 3.20. The number of amides is 1. The molecule has 3 aromatic rings. The van der Waals surface area contributed by atoms with E-state index in [4.69, 9.17) is 5.21 Å². The molecule has 0 atom stereocenters. The second-order valence-electron chi connectivity index (χ2n) is 4.41. The minimum Gasteiger partial charge on any atom is -0.311 e. The minimum absolute atomic E-state index is 0.284. The molecule has 8 heteroatoms. The van der Waals surface area contributed by atoms with Crippen molar-refractivity contribution in [2.24, 2.45) is 0 Å². The number of carbonyl (C=O) groups is 1. The van der Waals surface area contributed by atoms with Gasteiger partial charge in [0.25, 0.3) is 11.5 Å². The molecule has 1 amide bonds. The molecular weight excluding hydrogens is 274 g/mol. The summed E-state index contributed by atoms with van der Waals surface area (Å²) < 4.78 is 1.74. The molecule has 8 nitrogen and oxygen atoms in total. The first-order valence-corrected chi connectivity index (χ1v) is 6.11. The Hall–Kier alpha value is -3.00. The van der Waals surface area contributed by atoms with Gasteiger partial charge in [0.15, 0.2) is 11.2 Å². The molecule has 0 radical (unpaired) electrons. The fourth-order valence-electron chi connectivity index (χ4n) is 2.03. The topological polar surface area (TPSA) is 113 Å². The highest BCUT2D eigenvalue weighted by Crippen LogP contribution is 2.10. The van der Waals surface area contributed by atoms with Crippen LogP contribution in [0.4, 0.5) is 0 Å². The van der Waals surface area contributed by atoms with Crippen LogP contribution in [0.3, 0.4) is 0 Å². The van der Waals surface area contributed by atoms with Crippen LogP contribution in [0.2, 0.25) is 0 Å². The summed E-state index contributed by atoms with van der Waals surface area (Å²) in [6, 6.07) is 6.70. The first-order chi connectivity index (χ1) is 10.2. The minimum atomic E-state index is -0.567. The number of aromatic nitrogens is 4. The maximum Gasteiger partial charge on any atom is 0.278 e. The SMILES string of the molecule is O=C(NO)c1ccc(Cn2cnc3c(=O)[nH]cnc32)cc1. The van der Waals surface area contributed by atoms with E-state index in [-0.39, 0.29) is 11.1 Å². The molecule has 3 rings (SSSR count). The molecule has 3 N–H and O–H groups in total. The predicted molar refractivity (Wildman–Crippen MR) is 72.9 cm³/mol. The van der Waals surface area contributed by atoms with Gasteiger partial charge >= 0.3 is 0 Å². The van der Waals surface area contributed by atoms with Gasteiger partial charge in [0.05, 0.1) is 19.2 Å². The van der Waals surface area contributed by atoms with Crippen LogP contribution >= 0.6 is 0 Å². The third-order valence-electron chi connectivity index (χ3n) is 3.08. The molecule has 1 aromatic carbocycles. The molecular formula is C13H11N5O3. The molecule has 2 aromatic heterocycles. The maximum absolute atomic E-state index is 11.6. The third-order valence-corrected chi connectivity index (χ3v) is 3.08. The number of fused-ring (bicyclic) bond motifs is 1. The Balaban J connectivity index is 1.90. The Morgan fingerprint density at radius 3 is 2.76 bits per heavy atom. The van der Waals surface area contributed by atoms with E-state index in [9.17, 15) is 9.59 Å². The summed E-state index contributed by atoms with van der Waals surface area (Å²) in [6.45, 7) is 0.466. The Bertz CT molecular complexity index is 850. The number of nitrogens with one attached hydrogen (secondary N) is 2. The lowest BCUT2D eigenvalue weighted by atomic mass is 10.1.